The molecule has 1 aliphatic carbocycles. The van der Waals surface area contributed by atoms with Crippen LogP contribution in [-0.2, 0) is 0 Å². The van der Waals surface area contributed by atoms with Gasteiger partial charge in [0.2, 0.25) is 0 Å². The van der Waals surface area contributed by atoms with Crippen LogP contribution in [0.2, 0.25) is 0 Å². The minimum Gasteiger partial charge on any atom is -0.496 e. The minimum absolute atomic E-state index is 0.0354. The first-order valence-electron chi connectivity index (χ1n) is 10.9. The van der Waals surface area contributed by atoms with Crippen molar-refractivity contribution in [2.24, 2.45) is 5.92 Å². The van der Waals surface area contributed by atoms with Crippen LogP contribution >= 0.6 is 0 Å². The van der Waals surface area contributed by atoms with E-state index in [9.17, 15) is 9.90 Å². The molecule has 0 aromatic heterocycles. The normalized spacial score (nSPS) is 25.5. The van der Waals surface area contributed by atoms with Crippen LogP contribution in [0.1, 0.15) is 54.1 Å². The van der Waals surface area contributed by atoms with E-state index in [-0.39, 0.29) is 17.9 Å². The topological polar surface area (TPSA) is 68.2 Å². The van der Waals surface area contributed by atoms with Gasteiger partial charge in [0, 0.05) is 12.5 Å². The molecule has 0 radical (unpaired) electrons. The van der Waals surface area contributed by atoms with E-state index >= 15 is 0 Å². The highest BCUT2D eigenvalue weighted by Gasteiger charge is 2.50. The first-order valence-corrected chi connectivity index (χ1v) is 10.9. The van der Waals surface area contributed by atoms with Crippen LogP contribution in [0.3, 0.4) is 0 Å². The molecule has 0 spiro atoms. The Bertz CT molecular complexity index is 945. The first-order chi connectivity index (χ1) is 15.0. The predicted octanol–water partition coefficient (Wildman–Crippen LogP) is 4.22. The fourth-order valence-electron chi connectivity index (χ4n) is 5.33. The van der Waals surface area contributed by atoms with E-state index < -0.39 is 5.60 Å². The lowest BCUT2D eigenvalue weighted by Gasteiger charge is -2.52. The number of amides is 1. The SMILES string of the molecule is COc1ccc([C@@H]2[C@H]3CCCC[C@@]3(O)CCN2C(=O)c2ccccc2OC)cc1OC. The maximum atomic E-state index is 13.7. The molecular formula is C25H31NO5. The summed E-state index contributed by atoms with van der Waals surface area (Å²) in [4.78, 5) is 15.6. The number of carbonyl (C=O) groups is 1. The van der Waals surface area contributed by atoms with E-state index in [4.69, 9.17) is 14.2 Å². The molecule has 1 saturated heterocycles. The quantitative estimate of drug-likeness (QED) is 0.777. The number of fused-ring (bicyclic) bond motifs is 1. The second-order valence-electron chi connectivity index (χ2n) is 8.46. The monoisotopic (exact) mass is 425 g/mol. The maximum absolute atomic E-state index is 13.7. The highest BCUT2D eigenvalue weighted by atomic mass is 16.5. The minimum atomic E-state index is -0.756. The second-order valence-corrected chi connectivity index (χ2v) is 8.46. The molecule has 1 amide bonds. The summed E-state index contributed by atoms with van der Waals surface area (Å²) in [6.07, 6.45) is 4.31. The summed E-state index contributed by atoms with van der Waals surface area (Å²) >= 11 is 0. The van der Waals surface area contributed by atoms with Crippen LogP contribution in [0.25, 0.3) is 0 Å². The maximum Gasteiger partial charge on any atom is 0.258 e. The van der Waals surface area contributed by atoms with Crippen molar-refractivity contribution >= 4 is 5.91 Å². The second kappa shape index (κ2) is 8.79. The number of benzene rings is 2. The Balaban J connectivity index is 1.79. The zero-order chi connectivity index (χ0) is 22.0. The number of hydrogen-bond donors (Lipinski definition) is 1. The number of carbonyl (C=O) groups excluding carboxylic acids is 1. The zero-order valence-electron chi connectivity index (χ0n) is 18.5. The highest BCUT2D eigenvalue weighted by molar-refractivity contribution is 5.97. The molecule has 3 atom stereocenters. The fraction of sp³-hybridized carbons (Fsp3) is 0.480. The van der Waals surface area contributed by atoms with Crippen molar-refractivity contribution in [3.63, 3.8) is 0 Å². The summed E-state index contributed by atoms with van der Waals surface area (Å²) in [6.45, 7) is 0.489. The summed E-state index contributed by atoms with van der Waals surface area (Å²) in [5, 5.41) is 11.5. The number of ether oxygens (including phenoxy) is 3. The number of rotatable bonds is 5. The van der Waals surface area contributed by atoms with Gasteiger partial charge in [0.1, 0.15) is 5.75 Å². The third kappa shape index (κ3) is 3.85. The highest BCUT2D eigenvalue weighted by Crippen LogP contribution is 2.50. The Hall–Kier alpha value is -2.73. The Kier molecular flexibility index (Phi) is 6.10. The summed E-state index contributed by atoms with van der Waals surface area (Å²) in [7, 11) is 4.79. The largest absolute Gasteiger partial charge is 0.496 e. The lowest BCUT2D eigenvalue weighted by atomic mass is 9.66. The number of hydrogen-bond acceptors (Lipinski definition) is 5. The lowest BCUT2D eigenvalue weighted by molar-refractivity contribution is -0.115. The summed E-state index contributed by atoms with van der Waals surface area (Å²) in [5.74, 6) is 1.71. The molecule has 2 aliphatic rings. The molecule has 1 aliphatic heterocycles. The molecule has 31 heavy (non-hydrogen) atoms. The van der Waals surface area contributed by atoms with Gasteiger partial charge in [0.15, 0.2) is 11.5 Å². The first kappa shape index (κ1) is 21.5. The molecular weight excluding hydrogens is 394 g/mol. The molecule has 2 fully saturated rings. The number of piperidine rings is 1. The zero-order valence-corrected chi connectivity index (χ0v) is 18.5. The molecule has 2 aromatic rings. The number of aliphatic hydroxyl groups is 1. The van der Waals surface area contributed by atoms with E-state index in [1.807, 2.05) is 35.2 Å². The molecule has 6 nitrogen and oxygen atoms in total. The molecule has 4 rings (SSSR count). The third-order valence-corrected chi connectivity index (χ3v) is 6.91. The van der Waals surface area contributed by atoms with Gasteiger partial charge in [-0.25, -0.2) is 0 Å². The van der Waals surface area contributed by atoms with Crippen LogP contribution < -0.4 is 14.2 Å². The summed E-state index contributed by atoms with van der Waals surface area (Å²) in [5.41, 5.74) is 0.732. The van der Waals surface area contributed by atoms with Crippen molar-refractivity contribution in [3.8, 4) is 17.2 Å². The van der Waals surface area contributed by atoms with E-state index in [0.29, 0.717) is 35.8 Å². The van der Waals surface area contributed by atoms with E-state index in [1.165, 1.54) is 0 Å². The third-order valence-electron chi connectivity index (χ3n) is 6.91. The van der Waals surface area contributed by atoms with Gasteiger partial charge in [-0.15, -0.1) is 0 Å². The van der Waals surface area contributed by atoms with Crippen molar-refractivity contribution in [1.29, 1.82) is 0 Å². The molecule has 1 saturated carbocycles. The van der Waals surface area contributed by atoms with E-state index in [2.05, 4.69) is 0 Å². The number of likely N-dealkylation sites (tertiary alicyclic amines) is 1. The van der Waals surface area contributed by atoms with Gasteiger partial charge >= 0.3 is 0 Å². The van der Waals surface area contributed by atoms with Crippen LogP contribution in [-0.4, -0.2) is 49.4 Å². The van der Waals surface area contributed by atoms with Gasteiger partial charge in [0.25, 0.3) is 5.91 Å². The summed E-state index contributed by atoms with van der Waals surface area (Å²) in [6, 6.07) is 12.8. The van der Waals surface area contributed by atoms with Gasteiger partial charge in [-0.2, -0.15) is 0 Å². The molecule has 6 heteroatoms. The molecule has 1 N–H and O–H groups in total. The Labute approximate surface area is 183 Å². The number of para-hydroxylation sites is 1. The van der Waals surface area contributed by atoms with Crippen molar-refractivity contribution in [2.45, 2.75) is 43.7 Å². The smallest absolute Gasteiger partial charge is 0.258 e. The fourth-order valence-corrected chi connectivity index (χ4v) is 5.33. The molecule has 0 bridgehead atoms. The average Bonchev–Trinajstić information content (AvgIpc) is 2.82. The molecule has 166 valence electrons. The van der Waals surface area contributed by atoms with Gasteiger partial charge in [-0.05, 0) is 49.1 Å². The Morgan fingerprint density at radius 1 is 0.968 bits per heavy atom. The molecule has 0 unspecified atom stereocenters. The van der Waals surface area contributed by atoms with Gasteiger partial charge in [-0.3, -0.25) is 4.79 Å². The lowest BCUT2D eigenvalue weighted by Crippen LogP contribution is -2.56. The van der Waals surface area contributed by atoms with Crippen molar-refractivity contribution in [3.05, 3.63) is 53.6 Å². The predicted molar refractivity (Wildman–Crippen MR) is 118 cm³/mol. The van der Waals surface area contributed by atoms with Crippen LogP contribution in [0.4, 0.5) is 0 Å². The number of methoxy groups -OCH3 is 3. The van der Waals surface area contributed by atoms with Crippen molar-refractivity contribution in [2.75, 3.05) is 27.9 Å². The standard InChI is InChI=1S/C25H31NO5/c1-29-20-10-5-4-8-18(20)24(27)26-15-14-25(28)13-7-6-9-19(25)23(26)17-11-12-21(30-2)22(16-17)31-3/h4-5,8,10-12,16,19,23,28H,6-7,9,13-15H2,1-3H3/t19-,23-,25-/m1/s1. The van der Waals surface area contributed by atoms with Crippen LogP contribution in [0, 0.1) is 5.92 Å². The van der Waals surface area contributed by atoms with Gasteiger partial charge < -0.3 is 24.2 Å². The van der Waals surface area contributed by atoms with Gasteiger partial charge in [-0.1, -0.05) is 31.0 Å². The van der Waals surface area contributed by atoms with Crippen LogP contribution in [0.15, 0.2) is 42.5 Å². The van der Waals surface area contributed by atoms with Crippen molar-refractivity contribution < 1.29 is 24.1 Å². The molecule has 1 heterocycles. The Morgan fingerprint density at radius 3 is 2.45 bits per heavy atom. The summed E-state index contributed by atoms with van der Waals surface area (Å²) < 4.78 is 16.4. The van der Waals surface area contributed by atoms with Crippen molar-refractivity contribution in [1.82, 2.24) is 4.90 Å². The van der Waals surface area contributed by atoms with Crippen LogP contribution in [0.5, 0.6) is 17.2 Å². The number of nitrogens with zero attached hydrogens (tertiary/aromatic N) is 1. The van der Waals surface area contributed by atoms with E-state index in [0.717, 1.165) is 31.2 Å². The molecule has 2 aromatic carbocycles. The van der Waals surface area contributed by atoms with E-state index in [1.54, 1.807) is 33.5 Å². The Morgan fingerprint density at radius 2 is 1.71 bits per heavy atom. The van der Waals surface area contributed by atoms with Gasteiger partial charge in [0.05, 0.1) is 38.5 Å². The average molecular weight is 426 g/mol.